The molecule has 0 radical (unpaired) electrons. The van der Waals surface area contributed by atoms with Crippen molar-refractivity contribution in [3.63, 3.8) is 0 Å². The molecule has 2 heterocycles. The molecule has 2 aromatic rings. The van der Waals surface area contributed by atoms with Gasteiger partial charge in [-0.1, -0.05) is 12.1 Å². The Kier molecular flexibility index (Phi) is 4.40. The highest BCUT2D eigenvalue weighted by Gasteiger charge is 2.08. The van der Waals surface area contributed by atoms with Crippen LogP contribution in [0.3, 0.4) is 0 Å². The van der Waals surface area contributed by atoms with Crippen molar-refractivity contribution >= 4 is 0 Å². The third-order valence-electron chi connectivity index (χ3n) is 2.59. The summed E-state index contributed by atoms with van der Waals surface area (Å²) in [6, 6.07) is 0. The van der Waals surface area contributed by atoms with Gasteiger partial charge in [-0.3, -0.25) is 4.90 Å². The molecule has 0 aliphatic heterocycles. The average molecular weight is 250 g/mol. The van der Waals surface area contributed by atoms with E-state index >= 15 is 0 Å². The van der Waals surface area contributed by atoms with E-state index in [-0.39, 0.29) is 0 Å². The van der Waals surface area contributed by atoms with Crippen LogP contribution in [0.4, 0.5) is 0 Å². The third kappa shape index (κ3) is 3.63. The molecule has 0 amide bonds. The molecule has 2 rings (SSSR count). The van der Waals surface area contributed by atoms with Crippen molar-refractivity contribution in [1.29, 1.82) is 0 Å². The number of hydrogen-bond acceptors (Lipinski definition) is 6. The Hall–Kier alpha value is -1.76. The molecule has 0 saturated heterocycles. The monoisotopic (exact) mass is 250 g/mol. The van der Waals surface area contributed by atoms with Crippen LogP contribution in [0.5, 0.6) is 0 Å². The smallest absolute Gasteiger partial charge is 0.226 e. The second-order valence-corrected chi connectivity index (χ2v) is 4.29. The lowest BCUT2D eigenvalue weighted by molar-refractivity contribution is 0.294. The summed E-state index contributed by atoms with van der Waals surface area (Å²) < 4.78 is 7.08. The second-order valence-electron chi connectivity index (χ2n) is 4.29. The summed E-state index contributed by atoms with van der Waals surface area (Å²) in [6.07, 6.45) is 5.28. The first-order valence-electron chi connectivity index (χ1n) is 6.10. The molecule has 0 aliphatic rings. The Morgan fingerprint density at radius 2 is 2.11 bits per heavy atom. The number of aromatic nitrogens is 5. The maximum Gasteiger partial charge on any atom is 0.226 e. The first-order valence-corrected chi connectivity index (χ1v) is 6.10. The molecule has 0 saturated carbocycles. The molecular formula is C11H18N6O. The Labute approximate surface area is 106 Å². The summed E-state index contributed by atoms with van der Waals surface area (Å²) in [5.41, 5.74) is 0. The van der Waals surface area contributed by atoms with E-state index < -0.39 is 0 Å². The summed E-state index contributed by atoms with van der Waals surface area (Å²) >= 11 is 0. The standard InChI is InChI=1S/C11H18N6O/c1-3-4-11-14-10(15-18-11)7-16(2)5-6-17-8-12-13-9-17/h8-9H,3-7H2,1-2H3. The molecule has 0 aromatic carbocycles. The molecule has 18 heavy (non-hydrogen) atoms. The van der Waals surface area contributed by atoms with Gasteiger partial charge >= 0.3 is 0 Å². The number of nitrogens with zero attached hydrogens (tertiary/aromatic N) is 6. The first kappa shape index (κ1) is 12.7. The molecule has 0 spiro atoms. The predicted octanol–water partition coefficient (Wildman–Crippen LogP) is 0.746. The summed E-state index contributed by atoms with van der Waals surface area (Å²) in [7, 11) is 2.03. The molecule has 0 aliphatic carbocycles. The fourth-order valence-corrected chi connectivity index (χ4v) is 1.61. The Morgan fingerprint density at radius 3 is 2.83 bits per heavy atom. The van der Waals surface area contributed by atoms with Gasteiger partial charge in [-0.2, -0.15) is 4.98 Å². The minimum absolute atomic E-state index is 0.690. The molecule has 2 aromatic heterocycles. The molecule has 0 bridgehead atoms. The highest BCUT2D eigenvalue weighted by molar-refractivity contribution is 4.86. The minimum atomic E-state index is 0.690. The lowest BCUT2D eigenvalue weighted by atomic mass is 10.3. The predicted molar refractivity (Wildman–Crippen MR) is 64.6 cm³/mol. The normalized spacial score (nSPS) is 11.3. The van der Waals surface area contributed by atoms with Crippen LogP contribution in [-0.2, 0) is 19.5 Å². The Morgan fingerprint density at radius 1 is 1.33 bits per heavy atom. The number of likely N-dealkylation sites (N-methyl/N-ethyl adjacent to an activating group) is 1. The summed E-state index contributed by atoms with van der Waals surface area (Å²) in [5, 5.41) is 11.5. The van der Waals surface area contributed by atoms with Gasteiger partial charge in [0, 0.05) is 19.5 Å². The maximum atomic E-state index is 5.14. The van der Waals surface area contributed by atoms with Crippen LogP contribution in [0.15, 0.2) is 17.2 Å². The van der Waals surface area contributed by atoms with Crippen molar-refractivity contribution in [1.82, 2.24) is 29.8 Å². The zero-order valence-electron chi connectivity index (χ0n) is 10.8. The van der Waals surface area contributed by atoms with Crippen molar-refractivity contribution in [3.8, 4) is 0 Å². The molecule has 0 N–H and O–H groups in total. The van der Waals surface area contributed by atoms with Gasteiger partial charge in [0.25, 0.3) is 0 Å². The van der Waals surface area contributed by atoms with E-state index in [4.69, 9.17) is 4.52 Å². The SMILES string of the molecule is CCCc1nc(CN(C)CCn2cnnc2)no1. The zero-order valence-corrected chi connectivity index (χ0v) is 10.8. The van der Waals surface area contributed by atoms with Crippen LogP contribution in [-0.4, -0.2) is 43.4 Å². The lowest BCUT2D eigenvalue weighted by Gasteiger charge is -2.13. The van der Waals surface area contributed by atoms with E-state index in [0.29, 0.717) is 6.54 Å². The molecule has 7 nitrogen and oxygen atoms in total. The Bertz CT molecular complexity index is 452. The van der Waals surface area contributed by atoms with Crippen molar-refractivity contribution in [2.24, 2.45) is 0 Å². The Balaban J connectivity index is 1.77. The molecule has 7 heteroatoms. The largest absolute Gasteiger partial charge is 0.339 e. The summed E-state index contributed by atoms with van der Waals surface area (Å²) in [6.45, 7) is 4.52. The van der Waals surface area contributed by atoms with Crippen molar-refractivity contribution in [2.45, 2.75) is 32.9 Å². The highest BCUT2D eigenvalue weighted by Crippen LogP contribution is 2.03. The van der Waals surface area contributed by atoms with Gasteiger partial charge in [-0.15, -0.1) is 10.2 Å². The van der Waals surface area contributed by atoms with Crippen LogP contribution >= 0.6 is 0 Å². The molecule has 98 valence electrons. The van der Waals surface area contributed by atoms with Gasteiger partial charge in [-0.25, -0.2) is 0 Å². The van der Waals surface area contributed by atoms with Gasteiger partial charge in [0.15, 0.2) is 5.82 Å². The van der Waals surface area contributed by atoms with Crippen molar-refractivity contribution < 1.29 is 4.52 Å². The highest BCUT2D eigenvalue weighted by atomic mass is 16.5. The van der Waals surface area contributed by atoms with Crippen molar-refractivity contribution in [3.05, 3.63) is 24.4 Å². The van der Waals surface area contributed by atoms with E-state index in [1.807, 2.05) is 11.6 Å². The summed E-state index contributed by atoms with van der Waals surface area (Å²) in [4.78, 5) is 6.47. The van der Waals surface area contributed by atoms with Gasteiger partial charge < -0.3 is 9.09 Å². The van der Waals surface area contributed by atoms with Crippen LogP contribution < -0.4 is 0 Å². The number of rotatable bonds is 7. The summed E-state index contributed by atoms with van der Waals surface area (Å²) in [5.74, 6) is 1.46. The fraction of sp³-hybridized carbons (Fsp3) is 0.636. The number of aryl methyl sites for hydroxylation is 1. The maximum absolute atomic E-state index is 5.14. The number of hydrogen-bond donors (Lipinski definition) is 0. The van der Waals surface area contributed by atoms with E-state index in [0.717, 1.165) is 37.6 Å². The van der Waals surface area contributed by atoms with Crippen LogP contribution in [0, 0.1) is 0 Å². The zero-order chi connectivity index (χ0) is 12.8. The van der Waals surface area contributed by atoms with Crippen LogP contribution in [0.25, 0.3) is 0 Å². The van der Waals surface area contributed by atoms with Gasteiger partial charge in [-0.05, 0) is 13.5 Å². The van der Waals surface area contributed by atoms with Gasteiger partial charge in [0.2, 0.25) is 5.89 Å². The minimum Gasteiger partial charge on any atom is -0.339 e. The van der Waals surface area contributed by atoms with Gasteiger partial charge in [0.1, 0.15) is 12.7 Å². The molecule has 0 unspecified atom stereocenters. The van der Waals surface area contributed by atoms with Crippen molar-refractivity contribution in [2.75, 3.05) is 13.6 Å². The first-order chi connectivity index (χ1) is 8.78. The average Bonchev–Trinajstić information content (AvgIpc) is 2.99. The van der Waals surface area contributed by atoms with E-state index in [9.17, 15) is 0 Å². The lowest BCUT2D eigenvalue weighted by Crippen LogP contribution is -2.23. The fourth-order valence-electron chi connectivity index (χ4n) is 1.61. The van der Waals surface area contributed by atoms with Crippen LogP contribution in [0.1, 0.15) is 25.1 Å². The van der Waals surface area contributed by atoms with E-state index in [2.05, 4.69) is 32.2 Å². The second kappa shape index (κ2) is 6.25. The molecule has 0 fully saturated rings. The quantitative estimate of drug-likeness (QED) is 0.722. The van der Waals surface area contributed by atoms with Gasteiger partial charge in [0.05, 0.1) is 6.54 Å². The molecular weight excluding hydrogens is 232 g/mol. The third-order valence-corrected chi connectivity index (χ3v) is 2.59. The van der Waals surface area contributed by atoms with E-state index in [1.165, 1.54) is 0 Å². The topological polar surface area (TPSA) is 72.9 Å². The molecule has 0 atom stereocenters. The van der Waals surface area contributed by atoms with E-state index in [1.54, 1.807) is 12.7 Å². The van der Waals surface area contributed by atoms with Crippen LogP contribution in [0.2, 0.25) is 0 Å².